The summed E-state index contributed by atoms with van der Waals surface area (Å²) in [5, 5.41) is 3.32. The zero-order valence-electron chi connectivity index (χ0n) is 11.0. The van der Waals surface area contributed by atoms with Gasteiger partial charge >= 0.3 is 0 Å². The van der Waals surface area contributed by atoms with Gasteiger partial charge in [-0.15, -0.1) is 0 Å². The number of amides is 1. The van der Waals surface area contributed by atoms with Gasteiger partial charge in [-0.2, -0.15) is 0 Å². The summed E-state index contributed by atoms with van der Waals surface area (Å²) < 4.78 is 0. The molecule has 1 rings (SSSR count). The molecule has 0 aromatic rings. The minimum Gasteiger partial charge on any atom is -0.341 e. The Morgan fingerprint density at radius 2 is 1.88 bits per heavy atom. The van der Waals surface area contributed by atoms with Crippen LogP contribution in [0.25, 0.3) is 0 Å². The molecule has 1 N–H and O–H groups in total. The van der Waals surface area contributed by atoms with Crippen LogP contribution < -0.4 is 5.32 Å². The van der Waals surface area contributed by atoms with Crippen molar-refractivity contribution in [2.45, 2.75) is 52.5 Å². The van der Waals surface area contributed by atoms with Crippen LogP contribution in [0, 0.1) is 5.92 Å². The van der Waals surface area contributed by atoms with E-state index in [0.29, 0.717) is 0 Å². The molecule has 1 aliphatic rings. The van der Waals surface area contributed by atoms with Gasteiger partial charge in [-0.25, -0.2) is 0 Å². The molecular formula is C13H26N2O. The predicted octanol–water partition coefficient (Wildman–Crippen LogP) is 2.02. The van der Waals surface area contributed by atoms with Crippen molar-refractivity contribution in [3.63, 3.8) is 0 Å². The minimum atomic E-state index is -0.00902. The lowest BCUT2D eigenvalue weighted by molar-refractivity contribution is -0.131. The Morgan fingerprint density at radius 1 is 1.25 bits per heavy atom. The number of nitrogens with one attached hydrogen (secondary N) is 1. The molecular weight excluding hydrogens is 200 g/mol. The minimum absolute atomic E-state index is 0.00902. The van der Waals surface area contributed by atoms with E-state index in [1.165, 1.54) is 19.3 Å². The summed E-state index contributed by atoms with van der Waals surface area (Å²) in [7, 11) is 0. The van der Waals surface area contributed by atoms with Crippen molar-refractivity contribution in [2.75, 3.05) is 19.6 Å². The molecule has 0 aliphatic carbocycles. The van der Waals surface area contributed by atoms with Gasteiger partial charge in [0.15, 0.2) is 0 Å². The van der Waals surface area contributed by atoms with Crippen LogP contribution in [0.3, 0.4) is 0 Å². The van der Waals surface area contributed by atoms with E-state index in [4.69, 9.17) is 0 Å². The van der Waals surface area contributed by atoms with Crippen LogP contribution in [-0.4, -0.2) is 36.5 Å². The molecule has 1 fully saturated rings. The molecule has 1 atom stereocenters. The van der Waals surface area contributed by atoms with Crippen molar-refractivity contribution in [1.82, 2.24) is 10.2 Å². The van der Waals surface area contributed by atoms with Gasteiger partial charge in [-0.05, 0) is 45.1 Å². The fourth-order valence-corrected chi connectivity index (χ4v) is 2.13. The molecule has 1 aliphatic heterocycles. The molecule has 0 aromatic carbocycles. The van der Waals surface area contributed by atoms with Gasteiger partial charge in [0, 0.05) is 13.1 Å². The molecule has 3 nitrogen and oxygen atoms in total. The first-order chi connectivity index (χ1) is 7.61. The summed E-state index contributed by atoms with van der Waals surface area (Å²) in [5.41, 5.74) is 0. The number of likely N-dealkylation sites (tertiary alicyclic amines) is 1. The standard InChI is InChI=1S/C13H26N2O/c1-11(2)7-6-8-14-12(3)13(16)15-9-4-5-10-15/h11-12,14H,4-10H2,1-3H3. The maximum Gasteiger partial charge on any atom is 0.239 e. The highest BCUT2D eigenvalue weighted by atomic mass is 16.2. The zero-order valence-corrected chi connectivity index (χ0v) is 11.0. The largest absolute Gasteiger partial charge is 0.341 e. The molecule has 1 heterocycles. The molecule has 3 heteroatoms. The number of carbonyl (C=O) groups is 1. The van der Waals surface area contributed by atoms with E-state index in [0.717, 1.165) is 32.0 Å². The van der Waals surface area contributed by atoms with Crippen LogP contribution in [0.4, 0.5) is 0 Å². The van der Waals surface area contributed by atoms with Gasteiger partial charge in [-0.1, -0.05) is 13.8 Å². The summed E-state index contributed by atoms with van der Waals surface area (Å²) in [4.78, 5) is 13.9. The average Bonchev–Trinajstić information content (AvgIpc) is 2.76. The lowest BCUT2D eigenvalue weighted by Gasteiger charge is -2.21. The van der Waals surface area contributed by atoms with Gasteiger partial charge in [0.2, 0.25) is 5.91 Å². The molecule has 0 aromatic heterocycles. The van der Waals surface area contributed by atoms with Crippen LogP contribution in [0.15, 0.2) is 0 Å². The molecule has 1 unspecified atom stereocenters. The lowest BCUT2D eigenvalue weighted by Crippen LogP contribution is -2.43. The third-order valence-corrected chi connectivity index (χ3v) is 3.20. The molecule has 1 amide bonds. The topological polar surface area (TPSA) is 32.3 Å². The number of hydrogen-bond donors (Lipinski definition) is 1. The highest BCUT2D eigenvalue weighted by Gasteiger charge is 2.22. The van der Waals surface area contributed by atoms with Gasteiger partial charge in [0.25, 0.3) is 0 Å². The first kappa shape index (κ1) is 13.5. The third-order valence-electron chi connectivity index (χ3n) is 3.20. The summed E-state index contributed by atoms with van der Waals surface area (Å²) in [6, 6.07) is -0.00902. The first-order valence-electron chi connectivity index (χ1n) is 6.63. The second kappa shape index (κ2) is 6.89. The predicted molar refractivity (Wildman–Crippen MR) is 67.4 cm³/mol. The molecule has 16 heavy (non-hydrogen) atoms. The zero-order chi connectivity index (χ0) is 12.0. The Bertz CT molecular complexity index is 210. The van der Waals surface area contributed by atoms with E-state index >= 15 is 0 Å². The van der Waals surface area contributed by atoms with E-state index in [1.807, 2.05) is 11.8 Å². The highest BCUT2D eigenvalue weighted by Crippen LogP contribution is 2.09. The van der Waals surface area contributed by atoms with Gasteiger partial charge < -0.3 is 10.2 Å². The van der Waals surface area contributed by atoms with Crippen LogP contribution in [0.5, 0.6) is 0 Å². The van der Waals surface area contributed by atoms with Crippen LogP contribution in [0.1, 0.15) is 46.5 Å². The van der Waals surface area contributed by atoms with E-state index in [1.54, 1.807) is 0 Å². The summed E-state index contributed by atoms with van der Waals surface area (Å²) in [6.45, 7) is 9.32. The van der Waals surface area contributed by atoms with Crippen molar-refractivity contribution >= 4 is 5.91 Å². The van der Waals surface area contributed by atoms with E-state index in [-0.39, 0.29) is 11.9 Å². The Kier molecular flexibility index (Phi) is 5.81. The third kappa shape index (κ3) is 4.52. The van der Waals surface area contributed by atoms with Gasteiger partial charge in [0.05, 0.1) is 6.04 Å². The van der Waals surface area contributed by atoms with Gasteiger partial charge in [0.1, 0.15) is 0 Å². The van der Waals surface area contributed by atoms with Crippen molar-refractivity contribution in [3.8, 4) is 0 Å². The Morgan fingerprint density at radius 3 is 2.44 bits per heavy atom. The summed E-state index contributed by atoms with van der Waals surface area (Å²) in [5.74, 6) is 1.04. The number of carbonyl (C=O) groups excluding carboxylic acids is 1. The van der Waals surface area contributed by atoms with Gasteiger partial charge in [-0.3, -0.25) is 4.79 Å². The average molecular weight is 226 g/mol. The van der Waals surface area contributed by atoms with Crippen molar-refractivity contribution in [1.29, 1.82) is 0 Å². The Balaban J connectivity index is 2.13. The Labute approximate surface area is 99.6 Å². The summed E-state index contributed by atoms with van der Waals surface area (Å²) >= 11 is 0. The van der Waals surface area contributed by atoms with Crippen molar-refractivity contribution in [3.05, 3.63) is 0 Å². The fourth-order valence-electron chi connectivity index (χ4n) is 2.13. The van der Waals surface area contributed by atoms with E-state index in [9.17, 15) is 4.79 Å². The van der Waals surface area contributed by atoms with E-state index < -0.39 is 0 Å². The molecule has 1 saturated heterocycles. The molecule has 0 saturated carbocycles. The van der Waals surface area contributed by atoms with E-state index in [2.05, 4.69) is 19.2 Å². The monoisotopic (exact) mass is 226 g/mol. The van der Waals surface area contributed by atoms with Crippen LogP contribution >= 0.6 is 0 Å². The van der Waals surface area contributed by atoms with Crippen LogP contribution in [-0.2, 0) is 4.79 Å². The molecule has 94 valence electrons. The Hall–Kier alpha value is -0.570. The quantitative estimate of drug-likeness (QED) is 0.703. The second-order valence-corrected chi connectivity index (χ2v) is 5.24. The van der Waals surface area contributed by atoms with Crippen LogP contribution in [0.2, 0.25) is 0 Å². The lowest BCUT2D eigenvalue weighted by atomic mass is 10.1. The smallest absolute Gasteiger partial charge is 0.239 e. The normalized spacial score (nSPS) is 18.1. The molecule has 0 radical (unpaired) electrons. The number of nitrogens with zero attached hydrogens (tertiary/aromatic N) is 1. The second-order valence-electron chi connectivity index (χ2n) is 5.24. The van der Waals surface area contributed by atoms with Crippen molar-refractivity contribution < 1.29 is 4.79 Å². The maximum absolute atomic E-state index is 11.9. The molecule has 0 bridgehead atoms. The highest BCUT2D eigenvalue weighted by molar-refractivity contribution is 5.81. The molecule has 0 spiro atoms. The fraction of sp³-hybridized carbons (Fsp3) is 0.923. The first-order valence-corrected chi connectivity index (χ1v) is 6.63. The van der Waals surface area contributed by atoms with Crippen molar-refractivity contribution in [2.24, 2.45) is 5.92 Å². The maximum atomic E-state index is 11.9. The number of hydrogen-bond acceptors (Lipinski definition) is 2. The summed E-state index contributed by atoms with van der Waals surface area (Å²) in [6.07, 6.45) is 4.74. The SMILES string of the molecule is CC(C)CCCNC(C)C(=O)N1CCCC1. The number of rotatable bonds is 6.